The molecule has 17 nitrogen and oxygen atoms in total. The van der Waals surface area contributed by atoms with Gasteiger partial charge in [-0.05, 0) is 135 Å². The number of thioether (sulfide) groups is 3. The Balaban J connectivity index is 0.635. The Morgan fingerprint density at radius 3 is 2.49 bits per heavy atom. The second kappa shape index (κ2) is 20.5. The second-order valence-corrected chi connectivity index (χ2v) is 25.5. The predicted octanol–water partition coefficient (Wildman–Crippen LogP) is 5.49. The summed E-state index contributed by atoms with van der Waals surface area (Å²) in [6.45, 7) is 4.51. The van der Waals surface area contributed by atoms with E-state index in [0.29, 0.717) is 66.5 Å². The van der Waals surface area contributed by atoms with Gasteiger partial charge >= 0.3 is 23.9 Å². The Morgan fingerprint density at radius 1 is 0.931 bits per heavy atom. The number of carboxylic acid groups (broad SMARTS) is 1. The lowest BCUT2D eigenvalue weighted by molar-refractivity contribution is -0.245. The minimum atomic E-state index is -1.21. The molecule has 0 radical (unpaired) electrons. The first-order chi connectivity index (χ1) is 34.5. The van der Waals surface area contributed by atoms with Gasteiger partial charge in [0.25, 0.3) is 5.91 Å². The van der Waals surface area contributed by atoms with E-state index in [1.54, 1.807) is 6.08 Å². The van der Waals surface area contributed by atoms with E-state index in [4.69, 9.17) is 9.47 Å². The van der Waals surface area contributed by atoms with Gasteiger partial charge in [0.05, 0.1) is 23.8 Å². The normalized spacial score (nSPS) is 37.4. The number of fused-ring (bicyclic) bond motifs is 7. The number of esters is 2. The minimum absolute atomic E-state index is 0.00382. The van der Waals surface area contributed by atoms with Crippen molar-refractivity contribution in [2.45, 2.75) is 162 Å². The largest absolute Gasteiger partial charge is 0.477 e. The van der Waals surface area contributed by atoms with Crippen LogP contribution in [-0.2, 0) is 38.2 Å². The Labute approximate surface area is 432 Å². The molecule has 2 unspecified atom stereocenters. The molecule has 390 valence electrons. The number of carbonyl (C=O) groups excluding carboxylic acids is 6. The number of nitrogens with zero attached hydrogens (tertiary/aromatic N) is 1. The number of anilines is 1. The summed E-state index contributed by atoms with van der Waals surface area (Å²) in [6.07, 6.45) is 9.57. The smallest absolute Gasteiger partial charge is 0.352 e. The number of nitrogens with one attached hydrogen (secondary N) is 4. The first-order valence-corrected chi connectivity index (χ1v) is 28.9. The molecule has 5 aliphatic heterocycles. The van der Waals surface area contributed by atoms with Crippen LogP contribution in [0.1, 0.15) is 110 Å². The Morgan fingerprint density at radius 2 is 1.72 bits per heavy atom. The third-order valence-corrected chi connectivity index (χ3v) is 22.3. The molecule has 1 aromatic rings. The summed E-state index contributed by atoms with van der Waals surface area (Å²) in [4.78, 5) is 90.5. The third-order valence-electron chi connectivity index (χ3n) is 18.3. The van der Waals surface area contributed by atoms with Gasteiger partial charge < -0.3 is 46.1 Å². The van der Waals surface area contributed by atoms with Gasteiger partial charge in [-0.1, -0.05) is 20.3 Å². The molecular weight excluding hydrogens is 983 g/mol. The zero-order valence-corrected chi connectivity index (χ0v) is 43.3. The minimum Gasteiger partial charge on any atom is -0.477 e. The number of urea groups is 1. The van der Waals surface area contributed by atoms with Crippen LogP contribution in [0.4, 0.5) is 10.5 Å². The highest BCUT2D eigenvalue weighted by Gasteiger charge is 2.71. The molecule has 0 spiro atoms. The molecule has 5 heterocycles. The van der Waals surface area contributed by atoms with Gasteiger partial charge in [-0.25, -0.2) is 14.4 Å². The molecule has 20 heteroatoms. The molecule has 4 saturated carbocycles. The van der Waals surface area contributed by atoms with E-state index in [1.807, 2.05) is 43.0 Å². The van der Waals surface area contributed by atoms with E-state index < -0.39 is 46.3 Å². The summed E-state index contributed by atoms with van der Waals surface area (Å²) in [7, 11) is 0. The second-order valence-electron chi connectivity index (χ2n) is 22.1. The summed E-state index contributed by atoms with van der Waals surface area (Å²) in [6, 6.07) is 6.71. The molecule has 9 aliphatic rings. The maximum Gasteiger partial charge on any atom is 0.352 e. The van der Waals surface area contributed by atoms with Gasteiger partial charge in [-0.15, -0.1) is 23.5 Å². The Kier molecular flexibility index (Phi) is 14.6. The Bertz CT molecular complexity index is 2440. The summed E-state index contributed by atoms with van der Waals surface area (Å²) in [5, 5.41) is 46.1. The fourth-order valence-corrected chi connectivity index (χ4v) is 18.4. The highest BCUT2D eigenvalue weighted by Crippen LogP contribution is 2.70. The van der Waals surface area contributed by atoms with Crippen LogP contribution >= 0.6 is 35.3 Å². The quantitative estimate of drug-likeness (QED) is 0.0335. The van der Waals surface area contributed by atoms with Gasteiger partial charge in [0.15, 0.2) is 0 Å². The van der Waals surface area contributed by atoms with Crippen LogP contribution in [0.5, 0.6) is 0 Å². The standard InChI is InChI=1S/C52H67N5O12S3/c1-50-18-16-31(21-29(50)10-15-34-35(50)22-38(58)51(2)33(17-19-52(34,51)67)27-20-42(62)68-23-27)69-41(61)9-5-8-40(60)55-44-46(63)57-45(48(64)65)28(25-72-47(44)57)24-70-32-13-11-30(12-14-32)53-39(59)7-4-3-6-37-43-36(26-71-37)54-49(66)56-43/h11-14,20,29,31,33-38,43-44,47,58,67H,3-10,15-19,21-26H2,1-2H3,(H,53,59)(H,55,60)(H,64,65)(H2,54,56,66)/t29-,31+,33-,34-,35+,36-,37-,38-,43-,44?,47?,50+,51+,52+/m1/s1. The SMILES string of the molecule is C[C@]12CC[C@H](OC(=O)CCCC(=O)NC3C(=O)N4C(C(=O)O)=C(CSc5ccc(NC(=O)CCCC[C@H]6SC[C@H]7NC(=O)N[C@H]76)cc5)CSC34)C[C@H]1CC[C@@H]1[C@@H]2C[C@@H](O)[C@]2(C)[C@@H](C3=CC(=O)OC3)CC[C@]12O. The van der Waals surface area contributed by atoms with Crippen molar-refractivity contribution in [2.24, 2.45) is 34.5 Å². The third kappa shape index (κ3) is 9.46. The molecule has 72 heavy (non-hydrogen) atoms. The van der Waals surface area contributed by atoms with Gasteiger partial charge in [0.2, 0.25) is 11.8 Å². The van der Waals surface area contributed by atoms with Crippen LogP contribution in [0, 0.1) is 34.5 Å². The van der Waals surface area contributed by atoms with E-state index in [2.05, 4.69) is 28.2 Å². The van der Waals surface area contributed by atoms with Crippen molar-refractivity contribution in [3.05, 3.63) is 47.2 Å². The maximum atomic E-state index is 13.4. The van der Waals surface area contributed by atoms with E-state index in [9.17, 15) is 48.9 Å². The summed E-state index contributed by atoms with van der Waals surface area (Å²) in [5.41, 5.74) is 0.110. The molecule has 0 aromatic heterocycles. The number of unbranched alkanes of at least 4 members (excludes halogenated alkanes) is 1. The Hall–Kier alpha value is -4.24. The molecule has 10 rings (SSSR count). The van der Waals surface area contributed by atoms with E-state index in [1.165, 1.54) is 28.4 Å². The highest BCUT2D eigenvalue weighted by molar-refractivity contribution is 8.01. The number of hydrogen-bond donors (Lipinski definition) is 7. The van der Waals surface area contributed by atoms with Crippen molar-refractivity contribution in [1.29, 1.82) is 0 Å². The lowest BCUT2D eigenvalue weighted by Crippen LogP contribution is -2.70. The van der Waals surface area contributed by atoms with Crippen molar-refractivity contribution in [3.8, 4) is 0 Å². The van der Waals surface area contributed by atoms with Crippen LogP contribution < -0.4 is 21.3 Å². The highest BCUT2D eigenvalue weighted by atomic mass is 32.2. The zero-order valence-electron chi connectivity index (χ0n) is 40.9. The molecule has 1 aromatic carbocycles. The number of ether oxygens (including phenoxy) is 2. The van der Waals surface area contributed by atoms with Crippen molar-refractivity contribution in [2.75, 3.05) is 29.2 Å². The van der Waals surface area contributed by atoms with Gasteiger partial charge in [-0.3, -0.25) is 24.1 Å². The molecule has 7 fully saturated rings. The molecular formula is C52H67N5O12S3. The topological polar surface area (TPSA) is 250 Å². The van der Waals surface area contributed by atoms with Gasteiger partial charge in [0.1, 0.15) is 29.8 Å². The molecule has 0 bridgehead atoms. The van der Waals surface area contributed by atoms with Crippen molar-refractivity contribution in [3.63, 3.8) is 0 Å². The summed E-state index contributed by atoms with van der Waals surface area (Å²) in [5.74, 6) is -1.01. The van der Waals surface area contributed by atoms with Crippen LogP contribution in [0.25, 0.3) is 0 Å². The average Bonchev–Trinajstić information content (AvgIpc) is 4.12. The molecule has 3 saturated heterocycles. The number of carboxylic acids is 1. The molecule has 14 atom stereocenters. The summed E-state index contributed by atoms with van der Waals surface area (Å²) < 4.78 is 11.2. The average molecular weight is 1050 g/mol. The van der Waals surface area contributed by atoms with Crippen molar-refractivity contribution in [1.82, 2.24) is 20.9 Å². The van der Waals surface area contributed by atoms with Crippen LogP contribution in [0.2, 0.25) is 0 Å². The number of aliphatic hydroxyl groups excluding tert-OH is 1. The fraction of sp³-hybridized carbons (Fsp3) is 0.673. The first-order valence-electron chi connectivity index (χ1n) is 25.8. The van der Waals surface area contributed by atoms with Crippen LogP contribution in [0.3, 0.4) is 0 Å². The van der Waals surface area contributed by atoms with Gasteiger partial charge in [-0.2, -0.15) is 11.8 Å². The van der Waals surface area contributed by atoms with Crippen LogP contribution in [-0.4, -0.2) is 132 Å². The predicted molar refractivity (Wildman–Crippen MR) is 270 cm³/mol. The maximum absolute atomic E-state index is 13.4. The number of amides is 5. The van der Waals surface area contributed by atoms with Crippen molar-refractivity contribution < 1.29 is 58.4 Å². The first kappa shape index (κ1) is 51.3. The van der Waals surface area contributed by atoms with Crippen molar-refractivity contribution >= 4 is 82.6 Å². The number of aliphatic hydroxyl groups is 2. The zero-order chi connectivity index (χ0) is 50.7. The summed E-state index contributed by atoms with van der Waals surface area (Å²) >= 11 is 4.70. The molecule has 4 aliphatic carbocycles. The number of hydrogen-bond acceptors (Lipinski definition) is 14. The number of benzene rings is 1. The van der Waals surface area contributed by atoms with E-state index >= 15 is 0 Å². The lowest BCUT2D eigenvalue weighted by atomic mass is 9.42. The van der Waals surface area contributed by atoms with E-state index in [0.717, 1.165) is 54.7 Å². The fourth-order valence-electron chi connectivity index (χ4n) is 14.4. The number of β-lactam (4-membered cyclic amide) rings is 1. The number of rotatable bonds is 17. The molecule has 5 amide bonds. The van der Waals surface area contributed by atoms with E-state index in [-0.39, 0.29) is 103 Å². The number of cyclic esters (lactones) is 1. The number of carbonyl (C=O) groups is 7. The monoisotopic (exact) mass is 1050 g/mol. The van der Waals surface area contributed by atoms with Gasteiger partial charge in [0, 0.05) is 63.8 Å². The number of aliphatic carboxylic acids is 1. The lowest BCUT2D eigenvalue weighted by Gasteiger charge is -2.65. The molecule has 7 N–H and O–H groups in total. The van der Waals surface area contributed by atoms with Crippen LogP contribution in [0.15, 0.2) is 52.1 Å².